The lowest BCUT2D eigenvalue weighted by molar-refractivity contribution is -0.141. The van der Waals surface area contributed by atoms with E-state index in [0.717, 1.165) is 15.8 Å². The molecule has 0 radical (unpaired) electrons. The topological polar surface area (TPSA) is 79.1 Å². The average molecular weight is 384 g/mol. The maximum atomic E-state index is 12.6. The van der Waals surface area contributed by atoms with Gasteiger partial charge >= 0.3 is 5.97 Å². The van der Waals surface area contributed by atoms with E-state index >= 15 is 0 Å². The summed E-state index contributed by atoms with van der Waals surface area (Å²) < 4.78 is 18.1. The number of hydrogen-bond donors (Lipinski definition) is 0. The molecule has 0 saturated heterocycles. The van der Waals surface area contributed by atoms with Gasteiger partial charge < -0.3 is 18.8 Å². The van der Waals surface area contributed by atoms with Crippen LogP contribution >= 0.6 is 11.3 Å². The molecule has 1 aliphatic rings. The molecule has 0 N–H and O–H groups in total. The summed E-state index contributed by atoms with van der Waals surface area (Å²) in [5.74, 6) is 0.414. The lowest BCUT2D eigenvalue weighted by Crippen LogP contribution is -2.22. The molecule has 0 saturated carbocycles. The van der Waals surface area contributed by atoms with E-state index in [1.807, 2.05) is 25.1 Å². The second-order valence-corrected chi connectivity index (χ2v) is 7.01. The molecular weight excluding hydrogens is 368 g/mol. The maximum absolute atomic E-state index is 12.6. The molecule has 0 spiro atoms. The first-order valence-corrected chi connectivity index (χ1v) is 9.02. The Kier molecular flexibility index (Phi) is 4.41. The molecule has 4 rings (SSSR count). The lowest BCUT2D eigenvalue weighted by atomic mass is 10.1. The van der Waals surface area contributed by atoms with E-state index in [2.05, 4.69) is 4.99 Å². The van der Waals surface area contributed by atoms with Crippen molar-refractivity contribution in [2.24, 2.45) is 4.99 Å². The molecule has 138 valence electrons. The van der Waals surface area contributed by atoms with Gasteiger partial charge in [0, 0.05) is 17.7 Å². The fourth-order valence-corrected chi connectivity index (χ4v) is 3.78. The maximum Gasteiger partial charge on any atom is 0.325 e. The third-order valence-electron chi connectivity index (χ3n) is 4.19. The number of aromatic nitrogens is 1. The summed E-state index contributed by atoms with van der Waals surface area (Å²) in [6, 6.07) is 10.8. The molecule has 0 fully saturated rings. The van der Waals surface area contributed by atoms with Crippen LogP contribution in [-0.2, 0) is 16.1 Å². The SMILES string of the molecule is COC(=O)Cn1c(=NC(=O)c2ccc(C)cc2)sc2cc3c(cc21)OCO3. The molecule has 8 heteroatoms. The van der Waals surface area contributed by atoms with Crippen LogP contribution < -0.4 is 14.3 Å². The molecule has 0 atom stereocenters. The number of thiazole rings is 1. The zero-order valence-corrected chi connectivity index (χ0v) is 15.5. The number of aryl methyl sites for hydroxylation is 1. The average Bonchev–Trinajstić information content (AvgIpc) is 3.24. The van der Waals surface area contributed by atoms with Crippen molar-refractivity contribution >= 4 is 33.4 Å². The zero-order valence-electron chi connectivity index (χ0n) is 14.7. The summed E-state index contributed by atoms with van der Waals surface area (Å²) in [6.45, 7) is 2.05. The van der Waals surface area contributed by atoms with Crippen LogP contribution in [0.4, 0.5) is 0 Å². The Labute approximate surface area is 158 Å². The van der Waals surface area contributed by atoms with Crippen LogP contribution in [0.5, 0.6) is 11.5 Å². The zero-order chi connectivity index (χ0) is 19.0. The first-order valence-electron chi connectivity index (χ1n) is 8.20. The highest BCUT2D eigenvalue weighted by Crippen LogP contribution is 2.37. The third-order valence-corrected chi connectivity index (χ3v) is 5.23. The van der Waals surface area contributed by atoms with Gasteiger partial charge in [0.25, 0.3) is 5.91 Å². The molecule has 1 amide bonds. The lowest BCUT2D eigenvalue weighted by Gasteiger charge is -2.04. The Morgan fingerprint density at radius 1 is 1.19 bits per heavy atom. The van der Waals surface area contributed by atoms with Crippen LogP contribution in [0.1, 0.15) is 15.9 Å². The fourth-order valence-electron chi connectivity index (χ4n) is 2.74. The van der Waals surface area contributed by atoms with Gasteiger partial charge in [-0.25, -0.2) is 0 Å². The van der Waals surface area contributed by atoms with Gasteiger partial charge in [-0.15, -0.1) is 0 Å². The van der Waals surface area contributed by atoms with Crippen molar-refractivity contribution in [3.63, 3.8) is 0 Å². The van der Waals surface area contributed by atoms with Crippen molar-refractivity contribution < 1.29 is 23.8 Å². The standard InChI is InChI=1S/C19H16N2O5S/c1-11-3-5-12(6-4-11)18(23)20-19-21(9-17(22)24-2)13-7-14-15(26-10-25-14)8-16(13)27-19/h3-8H,9-10H2,1-2H3. The highest BCUT2D eigenvalue weighted by atomic mass is 32.1. The quantitative estimate of drug-likeness (QED) is 0.649. The van der Waals surface area contributed by atoms with E-state index in [9.17, 15) is 9.59 Å². The van der Waals surface area contributed by atoms with Gasteiger partial charge in [-0.3, -0.25) is 9.59 Å². The predicted octanol–water partition coefficient (Wildman–Crippen LogP) is 2.65. The number of esters is 1. The predicted molar refractivity (Wildman–Crippen MR) is 99.0 cm³/mol. The van der Waals surface area contributed by atoms with Crippen molar-refractivity contribution in [2.75, 3.05) is 13.9 Å². The molecule has 7 nitrogen and oxygen atoms in total. The summed E-state index contributed by atoms with van der Waals surface area (Å²) in [7, 11) is 1.32. The number of methoxy groups -OCH3 is 1. The highest BCUT2D eigenvalue weighted by molar-refractivity contribution is 7.16. The fraction of sp³-hybridized carbons (Fsp3) is 0.211. The number of amides is 1. The monoisotopic (exact) mass is 384 g/mol. The van der Waals surface area contributed by atoms with Gasteiger partial charge in [0.1, 0.15) is 6.54 Å². The molecule has 0 unspecified atom stereocenters. The Balaban J connectivity index is 1.85. The second-order valence-electron chi connectivity index (χ2n) is 6.00. The van der Waals surface area contributed by atoms with Gasteiger partial charge in [0.2, 0.25) is 6.79 Å². The van der Waals surface area contributed by atoms with Crippen LogP contribution in [0.3, 0.4) is 0 Å². The first-order chi connectivity index (χ1) is 13.0. The Morgan fingerprint density at radius 3 is 2.59 bits per heavy atom. The van der Waals surface area contributed by atoms with Crippen molar-refractivity contribution in [1.82, 2.24) is 4.57 Å². The third kappa shape index (κ3) is 3.31. The van der Waals surface area contributed by atoms with E-state index in [-0.39, 0.29) is 19.2 Å². The van der Waals surface area contributed by atoms with Gasteiger partial charge in [0.15, 0.2) is 16.3 Å². The van der Waals surface area contributed by atoms with Crippen LogP contribution in [0, 0.1) is 6.92 Å². The number of benzene rings is 2. The molecule has 1 aromatic heterocycles. The summed E-state index contributed by atoms with van der Waals surface area (Å²) in [4.78, 5) is 29.1. The number of nitrogens with zero attached hydrogens (tertiary/aromatic N) is 2. The van der Waals surface area contributed by atoms with Gasteiger partial charge in [-0.05, 0) is 19.1 Å². The van der Waals surface area contributed by atoms with Crippen LogP contribution in [0.2, 0.25) is 0 Å². The Hall–Kier alpha value is -3.13. The number of fused-ring (bicyclic) bond motifs is 2. The number of rotatable bonds is 3. The smallest absolute Gasteiger partial charge is 0.325 e. The van der Waals surface area contributed by atoms with E-state index in [0.29, 0.717) is 21.9 Å². The van der Waals surface area contributed by atoms with Crippen molar-refractivity contribution in [2.45, 2.75) is 13.5 Å². The van der Waals surface area contributed by atoms with E-state index < -0.39 is 5.97 Å². The minimum Gasteiger partial charge on any atom is -0.468 e. The first kappa shape index (κ1) is 17.3. The molecule has 0 bridgehead atoms. The van der Waals surface area contributed by atoms with Crippen molar-refractivity contribution in [1.29, 1.82) is 0 Å². The van der Waals surface area contributed by atoms with E-state index in [1.54, 1.807) is 22.8 Å². The summed E-state index contributed by atoms with van der Waals surface area (Å²) >= 11 is 1.30. The molecule has 0 aliphatic carbocycles. The van der Waals surface area contributed by atoms with Crippen molar-refractivity contribution in [3.8, 4) is 11.5 Å². The van der Waals surface area contributed by atoms with Crippen molar-refractivity contribution in [3.05, 3.63) is 52.3 Å². The van der Waals surface area contributed by atoms with Gasteiger partial charge in [-0.2, -0.15) is 4.99 Å². The normalized spacial score (nSPS) is 13.2. The molecule has 2 aromatic carbocycles. The largest absolute Gasteiger partial charge is 0.468 e. The molecule has 3 aromatic rings. The summed E-state index contributed by atoms with van der Waals surface area (Å²) in [6.07, 6.45) is 0. The van der Waals surface area contributed by atoms with E-state index in [1.165, 1.54) is 18.4 Å². The molecular formula is C19H16N2O5S. The van der Waals surface area contributed by atoms with Crippen LogP contribution in [0.25, 0.3) is 10.2 Å². The number of hydrogen-bond acceptors (Lipinski definition) is 6. The van der Waals surface area contributed by atoms with Gasteiger partial charge in [0.05, 0.1) is 17.3 Å². The molecule has 27 heavy (non-hydrogen) atoms. The number of carbonyl (C=O) groups excluding carboxylic acids is 2. The molecule has 1 aliphatic heterocycles. The Morgan fingerprint density at radius 2 is 1.89 bits per heavy atom. The highest BCUT2D eigenvalue weighted by Gasteiger charge is 2.19. The summed E-state index contributed by atoms with van der Waals surface area (Å²) in [5.41, 5.74) is 2.27. The number of ether oxygens (including phenoxy) is 3. The second kappa shape index (κ2) is 6.88. The Bertz CT molecular complexity index is 1110. The summed E-state index contributed by atoms with van der Waals surface area (Å²) in [5, 5.41) is 0. The molecule has 2 heterocycles. The van der Waals surface area contributed by atoms with Gasteiger partial charge in [-0.1, -0.05) is 29.0 Å². The van der Waals surface area contributed by atoms with E-state index in [4.69, 9.17) is 14.2 Å². The van der Waals surface area contributed by atoms with Crippen LogP contribution in [-0.4, -0.2) is 30.3 Å². The minimum atomic E-state index is -0.434. The minimum absolute atomic E-state index is 0.0594. The van der Waals surface area contributed by atoms with Crippen LogP contribution in [0.15, 0.2) is 41.4 Å². The number of carbonyl (C=O) groups is 2.